The summed E-state index contributed by atoms with van der Waals surface area (Å²) >= 11 is 0. The summed E-state index contributed by atoms with van der Waals surface area (Å²) in [6.07, 6.45) is 41.6. The van der Waals surface area contributed by atoms with Gasteiger partial charge in [0.25, 0.3) is 0 Å². The van der Waals surface area contributed by atoms with Crippen LogP contribution >= 0.6 is 7.82 Å². The molecule has 0 bridgehead atoms. The second-order valence-corrected chi connectivity index (χ2v) is 14.6. The number of unbranched alkanes of at least 4 members (excludes halogenated alkanes) is 16. The van der Waals surface area contributed by atoms with Crippen molar-refractivity contribution in [3.8, 4) is 0 Å². The number of allylic oxidation sites excluding steroid dienone is 8. The van der Waals surface area contributed by atoms with Crippen LogP contribution in [0.1, 0.15) is 168 Å². The highest BCUT2D eigenvalue weighted by Crippen LogP contribution is 2.43. The Labute approximate surface area is 311 Å². The van der Waals surface area contributed by atoms with E-state index in [0.29, 0.717) is 12.8 Å². The van der Waals surface area contributed by atoms with E-state index in [1.807, 2.05) is 6.08 Å². The lowest BCUT2D eigenvalue weighted by molar-refractivity contribution is -0.161. The normalized spacial score (nSPS) is 13.9. The molecule has 0 heterocycles. The van der Waals surface area contributed by atoms with Crippen LogP contribution in [0, 0.1) is 0 Å². The lowest BCUT2D eigenvalue weighted by atomic mass is 10.1. The number of rotatable bonds is 37. The molecule has 2 atom stereocenters. The Balaban J connectivity index is 4.26. The van der Waals surface area contributed by atoms with E-state index in [0.717, 1.165) is 38.5 Å². The van der Waals surface area contributed by atoms with Gasteiger partial charge in [-0.2, -0.15) is 0 Å². The topological polar surface area (TPSA) is 134 Å². The Hall–Kier alpha value is -2.03. The highest BCUT2D eigenvalue weighted by atomic mass is 31.2. The van der Waals surface area contributed by atoms with Gasteiger partial charge in [-0.05, 0) is 51.4 Å². The fourth-order valence-electron chi connectivity index (χ4n) is 5.21. The van der Waals surface area contributed by atoms with Crippen molar-refractivity contribution in [1.82, 2.24) is 0 Å². The first-order valence-electron chi connectivity index (χ1n) is 20.1. The first-order chi connectivity index (χ1) is 24.8. The van der Waals surface area contributed by atoms with Gasteiger partial charge in [-0.25, -0.2) is 4.57 Å². The van der Waals surface area contributed by atoms with Crippen molar-refractivity contribution in [2.24, 2.45) is 5.73 Å². The van der Waals surface area contributed by atoms with Gasteiger partial charge in [0.1, 0.15) is 6.61 Å². The minimum Gasteiger partial charge on any atom is -0.462 e. The molecule has 0 aliphatic carbocycles. The molecule has 0 saturated carbocycles. The number of hydrogen-bond donors (Lipinski definition) is 2. The van der Waals surface area contributed by atoms with Gasteiger partial charge in [-0.15, -0.1) is 0 Å². The Morgan fingerprint density at radius 3 is 1.57 bits per heavy atom. The van der Waals surface area contributed by atoms with E-state index >= 15 is 0 Å². The minimum atomic E-state index is -4.38. The zero-order valence-corrected chi connectivity index (χ0v) is 33.2. The maximum absolute atomic E-state index is 12.5. The highest BCUT2D eigenvalue weighted by molar-refractivity contribution is 7.47. The van der Waals surface area contributed by atoms with Crippen LogP contribution in [0.2, 0.25) is 0 Å². The Bertz CT molecular complexity index is 981. The molecule has 0 aliphatic rings. The minimum absolute atomic E-state index is 0.0440. The van der Waals surface area contributed by atoms with E-state index in [2.05, 4.69) is 56.4 Å². The zero-order valence-electron chi connectivity index (χ0n) is 32.3. The van der Waals surface area contributed by atoms with Crippen molar-refractivity contribution in [1.29, 1.82) is 0 Å². The lowest BCUT2D eigenvalue weighted by Crippen LogP contribution is -2.29. The second kappa shape index (κ2) is 37.7. The molecule has 296 valence electrons. The maximum atomic E-state index is 12.5. The van der Waals surface area contributed by atoms with Crippen LogP contribution in [0.3, 0.4) is 0 Å². The second-order valence-electron chi connectivity index (χ2n) is 13.2. The number of phosphoric acid groups is 1. The van der Waals surface area contributed by atoms with E-state index in [1.54, 1.807) is 0 Å². The number of phosphoric ester groups is 1. The van der Waals surface area contributed by atoms with Gasteiger partial charge in [0.15, 0.2) is 6.10 Å². The lowest BCUT2D eigenvalue weighted by Gasteiger charge is -2.19. The monoisotopic (exact) mass is 740 g/mol. The van der Waals surface area contributed by atoms with Crippen molar-refractivity contribution >= 4 is 19.8 Å². The number of nitrogens with two attached hydrogens (primary N) is 1. The fraction of sp³-hybridized carbons (Fsp3) is 0.756. The molecule has 0 amide bonds. The Morgan fingerprint density at radius 2 is 1.04 bits per heavy atom. The molecule has 0 rings (SSSR count). The molecule has 3 N–H and O–H groups in total. The fourth-order valence-corrected chi connectivity index (χ4v) is 5.98. The summed E-state index contributed by atoms with van der Waals surface area (Å²) in [7, 11) is -4.38. The molecule has 9 nitrogen and oxygen atoms in total. The van der Waals surface area contributed by atoms with Crippen LogP contribution < -0.4 is 5.73 Å². The number of esters is 2. The highest BCUT2D eigenvalue weighted by Gasteiger charge is 2.25. The third-order valence-corrected chi connectivity index (χ3v) is 9.20. The SMILES string of the molecule is CCCCCCCCC/C=C/C/C=C/C/C=C/C/C=C/CCCC(=O)O[C@H](COC(=O)CCCCCCCCCCC)COP(=O)(O)OCCN. The van der Waals surface area contributed by atoms with Crippen LogP contribution in [0.25, 0.3) is 0 Å². The standard InChI is InChI=1S/C41H74NO8P/c1-3-5-7-9-11-13-14-15-16-17-18-19-20-21-22-23-24-26-28-30-32-34-41(44)50-39(38-49-51(45,46)48-36-35-42)37-47-40(43)33-31-29-27-25-12-10-8-6-4-2/h16-17,19-20,22-23,26,28,39H,3-15,18,21,24-25,27,29-38,42H2,1-2H3,(H,45,46)/b17-16+,20-19+,23-22+,28-26+/t39-/m1/s1. The molecule has 0 spiro atoms. The Morgan fingerprint density at radius 1 is 0.588 bits per heavy atom. The van der Waals surface area contributed by atoms with Crippen LogP contribution in [-0.2, 0) is 32.7 Å². The molecule has 10 heteroatoms. The first-order valence-corrected chi connectivity index (χ1v) is 21.6. The van der Waals surface area contributed by atoms with Crippen LogP contribution in [-0.4, -0.2) is 49.3 Å². The third-order valence-electron chi connectivity index (χ3n) is 8.22. The predicted octanol–water partition coefficient (Wildman–Crippen LogP) is 11.2. The van der Waals surface area contributed by atoms with Crippen molar-refractivity contribution in [2.45, 2.75) is 174 Å². The summed E-state index contributed by atoms with van der Waals surface area (Å²) in [5.41, 5.74) is 5.32. The summed E-state index contributed by atoms with van der Waals surface area (Å²) in [4.78, 5) is 34.6. The summed E-state index contributed by atoms with van der Waals surface area (Å²) in [5.74, 6) is -0.899. The van der Waals surface area contributed by atoms with Gasteiger partial charge < -0.3 is 20.1 Å². The van der Waals surface area contributed by atoms with E-state index in [1.165, 1.54) is 89.9 Å². The molecule has 0 aromatic rings. The van der Waals surface area contributed by atoms with Crippen LogP contribution in [0.4, 0.5) is 0 Å². The molecule has 0 saturated heterocycles. The number of carbonyl (C=O) groups excluding carboxylic acids is 2. The average molecular weight is 740 g/mol. The van der Waals surface area contributed by atoms with E-state index in [4.69, 9.17) is 24.3 Å². The molecular weight excluding hydrogens is 665 g/mol. The van der Waals surface area contributed by atoms with Crippen molar-refractivity contribution < 1.29 is 37.6 Å². The van der Waals surface area contributed by atoms with Gasteiger partial charge in [-0.1, -0.05) is 152 Å². The number of carbonyl (C=O) groups is 2. The van der Waals surface area contributed by atoms with Crippen LogP contribution in [0.5, 0.6) is 0 Å². The summed E-state index contributed by atoms with van der Waals surface area (Å²) in [6.45, 7) is 3.63. The predicted molar refractivity (Wildman–Crippen MR) is 210 cm³/mol. The van der Waals surface area contributed by atoms with Gasteiger partial charge in [0.05, 0.1) is 13.2 Å². The number of ether oxygens (including phenoxy) is 2. The molecule has 1 unspecified atom stereocenters. The van der Waals surface area contributed by atoms with Gasteiger partial charge in [0, 0.05) is 19.4 Å². The van der Waals surface area contributed by atoms with Gasteiger partial charge in [-0.3, -0.25) is 18.6 Å². The maximum Gasteiger partial charge on any atom is 0.472 e. The van der Waals surface area contributed by atoms with E-state index in [9.17, 15) is 19.0 Å². The molecule has 0 aliphatic heterocycles. The molecule has 0 aromatic heterocycles. The summed E-state index contributed by atoms with van der Waals surface area (Å²) in [5, 5.41) is 0. The number of hydrogen-bond acceptors (Lipinski definition) is 8. The summed E-state index contributed by atoms with van der Waals surface area (Å²) < 4.78 is 32.6. The van der Waals surface area contributed by atoms with Gasteiger partial charge >= 0.3 is 19.8 Å². The molecule has 0 radical (unpaired) electrons. The molecule has 0 aromatic carbocycles. The Kier molecular flexibility index (Phi) is 36.2. The zero-order chi connectivity index (χ0) is 37.5. The van der Waals surface area contributed by atoms with Crippen molar-refractivity contribution in [2.75, 3.05) is 26.4 Å². The molecule has 0 fully saturated rings. The largest absolute Gasteiger partial charge is 0.472 e. The average Bonchev–Trinajstić information content (AvgIpc) is 3.11. The van der Waals surface area contributed by atoms with Gasteiger partial charge in [0.2, 0.25) is 0 Å². The molecule has 51 heavy (non-hydrogen) atoms. The first kappa shape index (κ1) is 49.0. The van der Waals surface area contributed by atoms with E-state index in [-0.39, 0.29) is 32.6 Å². The summed E-state index contributed by atoms with van der Waals surface area (Å²) in [6, 6.07) is 0. The van der Waals surface area contributed by atoms with Crippen molar-refractivity contribution in [3.63, 3.8) is 0 Å². The smallest absolute Gasteiger partial charge is 0.462 e. The van der Waals surface area contributed by atoms with Crippen LogP contribution in [0.15, 0.2) is 48.6 Å². The molecular formula is C41H74NO8P. The quantitative estimate of drug-likeness (QED) is 0.0276. The van der Waals surface area contributed by atoms with E-state index < -0.39 is 32.5 Å². The third kappa shape index (κ3) is 37.5. The van der Waals surface area contributed by atoms with Crippen molar-refractivity contribution in [3.05, 3.63) is 48.6 Å².